The zero-order valence-corrected chi connectivity index (χ0v) is 11.2. The third-order valence-electron chi connectivity index (χ3n) is 3.91. The molecular weight excluding hydrogens is 170 g/mol. The van der Waals surface area contributed by atoms with Crippen LogP contribution in [0.15, 0.2) is 0 Å². The van der Waals surface area contributed by atoms with Crippen LogP contribution in [-0.2, 0) is 0 Å². The van der Waals surface area contributed by atoms with Gasteiger partial charge in [0.1, 0.15) is 0 Å². The Kier molecular flexibility index (Phi) is 6.43. The molecule has 0 saturated heterocycles. The Hall–Kier alpha value is -0.0400. The zero-order valence-electron chi connectivity index (χ0n) is 11.2. The van der Waals surface area contributed by atoms with Crippen molar-refractivity contribution in [3.8, 4) is 0 Å². The highest BCUT2D eigenvalue weighted by atomic mass is 15.1. The molecule has 0 spiro atoms. The van der Waals surface area contributed by atoms with Gasteiger partial charge in [-0.15, -0.1) is 0 Å². The summed E-state index contributed by atoms with van der Waals surface area (Å²) < 4.78 is 0. The molecule has 1 heteroatoms. The van der Waals surface area contributed by atoms with E-state index in [1.807, 2.05) is 0 Å². The fraction of sp³-hybridized carbons (Fsp3) is 1.00. The molecule has 14 heavy (non-hydrogen) atoms. The fourth-order valence-corrected chi connectivity index (χ4v) is 1.90. The maximum Gasteiger partial charge on any atom is 0.00664 e. The molecule has 0 heterocycles. The SMILES string of the molecule is CCN(C)C(C)CC(C)C(C)C(C)C. The van der Waals surface area contributed by atoms with E-state index < -0.39 is 0 Å². The van der Waals surface area contributed by atoms with Crippen molar-refractivity contribution in [1.29, 1.82) is 0 Å². The van der Waals surface area contributed by atoms with Gasteiger partial charge < -0.3 is 4.90 Å². The summed E-state index contributed by atoms with van der Waals surface area (Å²) in [6, 6.07) is 0.719. The smallest absolute Gasteiger partial charge is 0.00664 e. The van der Waals surface area contributed by atoms with E-state index in [0.29, 0.717) is 0 Å². The van der Waals surface area contributed by atoms with Crippen molar-refractivity contribution >= 4 is 0 Å². The van der Waals surface area contributed by atoms with Gasteiger partial charge in [0.05, 0.1) is 0 Å². The van der Waals surface area contributed by atoms with Crippen LogP contribution in [0.1, 0.15) is 48.0 Å². The summed E-state index contributed by atoms with van der Waals surface area (Å²) in [5.41, 5.74) is 0. The van der Waals surface area contributed by atoms with E-state index in [-0.39, 0.29) is 0 Å². The Bertz CT molecular complexity index is 142. The monoisotopic (exact) mass is 199 g/mol. The van der Waals surface area contributed by atoms with Gasteiger partial charge in [0.15, 0.2) is 0 Å². The summed E-state index contributed by atoms with van der Waals surface area (Å²) in [5.74, 6) is 2.48. The molecule has 0 radical (unpaired) electrons. The molecule has 86 valence electrons. The summed E-state index contributed by atoms with van der Waals surface area (Å²) in [6.45, 7) is 15.2. The lowest BCUT2D eigenvalue weighted by molar-refractivity contribution is 0.191. The Morgan fingerprint density at radius 1 is 1.00 bits per heavy atom. The maximum atomic E-state index is 2.43. The molecule has 0 saturated carbocycles. The van der Waals surface area contributed by atoms with E-state index in [4.69, 9.17) is 0 Å². The third-order valence-corrected chi connectivity index (χ3v) is 3.91. The van der Waals surface area contributed by atoms with Crippen molar-refractivity contribution in [2.45, 2.75) is 54.0 Å². The predicted molar refractivity (Wildman–Crippen MR) is 65.5 cm³/mol. The van der Waals surface area contributed by atoms with Gasteiger partial charge in [-0.05, 0) is 44.7 Å². The second-order valence-electron chi connectivity index (χ2n) is 5.24. The topological polar surface area (TPSA) is 3.24 Å². The molecule has 0 aromatic rings. The Morgan fingerprint density at radius 3 is 1.86 bits per heavy atom. The first-order valence-corrected chi connectivity index (χ1v) is 6.10. The second-order valence-corrected chi connectivity index (χ2v) is 5.24. The molecule has 3 atom stereocenters. The van der Waals surface area contributed by atoms with Crippen LogP contribution in [0.2, 0.25) is 0 Å². The lowest BCUT2D eigenvalue weighted by atomic mass is 9.82. The minimum absolute atomic E-state index is 0.719. The fourth-order valence-electron chi connectivity index (χ4n) is 1.90. The molecule has 0 aromatic heterocycles. The van der Waals surface area contributed by atoms with Crippen molar-refractivity contribution in [2.24, 2.45) is 17.8 Å². The van der Waals surface area contributed by atoms with Gasteiger partial charge in [0.25, 0.3) is 0 Å². The first kappa shape index (κ1) is 14.0. The molecular formula is C13H29N. The van der Waals surface area contributed by atoms with Crippen molar-refractivity contribution in [3.05, 3.63) is 0 Å². The lowest BCUT2D eigenvalue weighted by Crippen LogP contribution is -2.32. The van der Waals surface area contributed by atoms with Crippen LogP contribution in [0, 0.1) is 17.8 Å². The molecule has 0 aromatic carbocycles. The molecule has 0 rings (SSSR count). The highest BCUT2D eigenvalue weighted by Crippen LogP contribution is 2.24. The average molecular weight is 199 g/mol. The van der Waals surface area contributed by atoms with Crippen LogP contribution < -0.4 is 0 Å². The number of nitrogens with zero attached hydrogens (tertiary/aromatic N) is 1. The number of hydrogen-bond acceptors (Lipinski definition) is 1. The van der Waals surface area contributed by atoms with Gasteiger partial charge in [-0.1, -0.05) is 34.6 Å². The average Bonchev–Trinajstić information content (AvgIpc) is 2.14. The van der Waals surface area contributed by atoms with Gasteiger partial charge in [0.2, 0.25) is 0 Å². The first-order chi connectivity index (χ1) is 6.40. The molecule has 0 aliphatic carbocycles. The van der Waals surface area contributed by atoms with Crippen LogP contribution in [-0.4, -0.2) is 24.5 Å². The van der Waals surface area contributed by atoms with Crippen LogP contribution in [0.25, 0.3) is 0 Å². The number of rotatable bonds is 6. The zero-order chi connectivity index (χ0) is 11.3. The minimum Gasteiger partial charge on any atom is -0.304 e. The van der Waals surface area contributed by atoms with Gasteiger partial charge in [-0.3, -0.25) is 0 Å². The molecule has 3 unspecified atom stereocenters. The second kappa shape index (κ2) is 6.44. The summed E-state index contributed by atoms with van der Waals surface area (Å²) >= 11 is 0. The summed E-state index contributed by atoms with van der Waals surface area (Å²) in [5, 5.41) is 0. The normalized spacial score (nSPS) is 18.6. The molecule has 0 aliphatic rings. The Balaban J connectivity index is 3.98. The van der Waals surface area contributed by atoms with Crippen LogP contribution in [0.3, 0.4) is 0 Å². The molecule has 0 fully saturated rings. The highest BCUT2D eigenvalue weighted by Gasteiger charge is 2.19. The van der Waals surface area contributed by atoms with E-state index in [1.165, 1.54) is 6.42 Å². The minimum atomic E-state index is 0.719. The van der Waals surface area contributed by atoms with E-state index in [2.05, 4.69) is 53.5 Å². The number of hydrogen-bond donors (Lipinski definition) is 0. The first-order valence-electron chi connectivity index (χ1n) is 6.10. The molecule has 0 bridgehead atoms. The van der Waals surface area contributed by atoms with Crippen molar-refractivity contribution in [3.63, 3.8) is 0 Å². The summed E-state index contributed by atoms with van der Waals surface area (Å²) in [4.78, 5) is 2.43. The Labute approximate surface area is 90.9 Å². The molecule has 0 aliphatic heterocycles. The van der Waals surface area contributed by atoms with Crippen molar-refractivity contribution < 1.29 is 0 Å². The van der Waals surface area contributed by atoms with Crippen molar-refractivity contribution in [1.82, 2.24) is 4.90 Å². The van der Waals surface area contributed by atoms with E-state index >= 15 is 0 Å². The molecule has 1 nitrogen and oxygen atoms in total. The summed E-state index contributed by atoms with van der Waals surface area (Å²) in [7, 11) is 2.22. The van der Waals surface area contributed by atoms with Crippen LogP contribution in [0.5, 0.6) is 0 Å². The van der Waals surface area contributed by atoms with Gasteiger partial charge in [0, 0.05) is 6.04 Å². The predicted octanol–water partition coefficient (Wildman–Crippen LogP) is 3.64. The maximum absolute atomic E-state index is 2.43. The van der Waals surface area contributed by atoms with E-state index in [1.54, 1.807) is 0 Å². The lowest BCUT2D eigenvalue weighted by Gasteiger charge is -2.30. The highest BCUT2D eigenvalue weighted by molar-refractivity contribution is 4.71. The molecule has 0 amide bonds. The van der Waals surface area contributed by atoms with Gasteiger partial charge in [-0.25, -0.2) is 0 Å². The van der Waals surface area contributed by atoms with Crippen LogP contribution in [0.4, 0.5) is 0 Å². The summed E-state index contributed by atoms with van der Waals surface area (Å²) in [6.07, 6.45) is 1.32. The quantitative estimate of drug-likeness (QED) is 0.631. The van der Waals surface area contributed by atoms with Crippen LogP contribution >= 0.6 is 0 Å². The van der Waals surface area contributed by atoms with Gasteiger partial charge >= 0.3 is 0 Å². The van der Waals surface area contributed by atoms with Gasteiger partial charge in [-0.2, -0.15) is 0 Å². The molecule has 0 N–H and O–H groups in total. The Morgan fingerprint density at radius 2 is 1.50 bits per heavy atom. The van der Waals surface area contributed by atoms with E-state index in [0.717, 1.165) is 30.3 Å². The largest absolute Gasteiger partial charge is 0.304 e. The standard InChI is InChI=1S/C13H29N/c1-8-14(7)12(5)9-11(4)13(6)10(2)3/h10-13H,8-9H2,1-7H3. The van der Waals surface area contributed by atoms with Crippen molar-refractivity contribution in [2.75, 3.05) is 13.6 Å². The third kappa shape index (κ3) is 4.45. The van der Waals surface area contributed by atoms with E-state index in [9.17, 15) is 0 Å².